The summed E-state index contributed by atoms with van der Waals surface area (Å²) in [7, 11) is 0. The third kappa shape index (κ3) is 4.21. The molecule has 1 aromatic carbocycles. The quantitative estimate of drug-likeness (QED) is 0.647. The van der Waals surface area contributed by atoms with E-state index in [9.17, 15) is 4.79 Å². The van der Waals surface area contributed by atoms with Crippen molar-refractivity contribution in [3.8, 4) is 11.5 Å². The first-order chi connectivity index (χ1) is 10.2. The van der Waals surface area contributed by atoms with E-state index in [0.29, 0.717) is 11.5 Å². The van der Waals surface area contributed by atoms with Gasteiger partial charge in [-0.2, -0.15) is 5.10 Å². The van der Waals surface area contributed by atoms with Crippen LogP contribution in [0.25, 0.3) is 0 Å². The van der Waals surface area contributed by atoms with E-state index in [1.165, 1.54) is 0 Å². The van der Waals surface area contributed by atoms with Crippen LogP contribution in [0.5, 0.6) is 11.5 Å². The molecule has 1 aromatic rings. The van der Waals surface area contributed by atoms with Crippen molar-refractivity contribution in [3.63, 3.8) is 0 Å². The Hall–Kier alpha value is -2.04. The molecule has 0 saturated carbocycles. The highest BCUT2D eigenvalue weighted by molar-refractivity contribution is 5.87. The lowest BCUT2D eigenvalue weighted by molar-refractivity contribution is -0.130. The van der Waals surface area contributed by atoms with Gasteiger partial charge in [0.25, 0.3) is 5.91 Å². The van der Waals surface area contributed by atoms with Crippen molar-refractivity contribution in [3.05, 3.63) is 24.3 Å². The fourth-order valence-corrected chi connectivity index (χ4v) is 2.17. The largest absolute Gasteiger partial charge is 0.485 e. The Morgan fingerprint density at radius 3 is 2.57 bits per heavy atom. The van der Waals surface area contributed by atoms with E-state index in [-0.39, 0.29) is 12.5 Å². The number of amides is 1. The van der Waals surface area contributed by atoms with E-state index >= 15 is 0 Å². The molecule has 0 aliphatic carbocycles. The molecule has 5 heteroatoms. The van der Waals surface area contributed by atoms with Crippen LogP contribution in [-0.2, 0) is 4.79 Å². The number of hydrazone groups is 1. The van der Waals surface area contributed by atoms with Crippen molar-refractivity contribution < 1.29 is 14.3 Å². The number of carbonyl (C=O) groups excluding carboxylic acids is 1. The Morgan fingerprint density at radius 2 is 1.90 bits per heavy atom. The lowest BCUT2D eigenvalue weighted by Crippen LogP contribution is -2.42. The molecule has 0 saturated heterocycles. The molecule has 1 heterocycles. The molecular weight excluding hydrogens is 268 g/mol. The Morgan fingerprint density at radius 1 is 1.24 bits per heavy atom. The van der Waals surface area contributed by atoms with Crippen LogP contribution in [-0.4, -0.2) is 24.3 Å². The van der Waals surface area contributed by atoms with Crippen LogP contribution in [0, 0.1) is 0 Å². The molecule has 1 aliphatic heterocycles. The smallest absolute Gasteiger partial charge is 0.284 e. The van der Waals surface area contributed by atoms with Crippen LogP contribution >= 0.6 is 0 Å². The number of benzene rings is 1. The first-order valence-electron chi connectivity index (χ1n) is 7.48. The molecule has 5 nitrogen and oxygen atoms in total. The highest BCUT2D eigenvalue weighted by Gasteiger charge is 2.27. The number of rotatable bonds is 6. The number of hydrogen-bond donors (Lipinski definition) is 1. The van der Waals surface area contributed by atoms with Gasteiger partial charge < -0.3 is 9.47 Å². The minimum Gasteiger partial charge on any atom is -0.485 e. The number of nitrogens with zero attached hydrogens (tertiary/aromatic N) is 1. The van der Waals surface area contributed by atoms with Crippen molar-refractivity contribution in [1.82, 2.24) is 5.43 Å². The first kappa shape index (κ1) is 15.4. The molecule has 21 heavy (non-hydrogen) atoms. The molecule has 0 spiro atoms. The summed E-state index contributed by atoms with van der Waals surface area (Å²) in [6, 6.07) is 7.33. The van der Waals surface area contributed by atoms with Gasteiger partial charge >= 0.3 is 0 Å². The Bertz CT molecular complexity index is 506. The second-order valence-electron chi connectivity index (χ2n) is 5.02. The molecule has 1 amide bonds. The summed E-state index contributed by atoms with van der Waals surface area (Å²) in [4.78, 5) is 12.1. The van der Waals surface area contributed by atoms with Crippen LogP contribution in [0.1, 0.15) is 39.5 Å². The normalized spacial score (nSPS) is 16.2. The number of para-hydroxylation sites is 2. The Labute approximate surface area is 125 Å². The Balaban J connectivity index is 1.94. The molecule has 1 aliphatic rings. The van der Waals surface area contributed by atoms with Crippen LogP contribution in [0.3, 0.4) is 0 Å². The maximum Gasteiger partial charge on any atom is 0.284 e. The van der Waals surface area contributed by atoms with Crippen molar-refractivity contribution in [2.24, 2.45) is 5.10 Å². The fraction of sp³-hybridized carbons (Fsp3) is 0.500. The topological polar surface area (TPSA) is 59.9 Å². The average Bonchev–Trinajstić information content (AvgIpc) is 2.52. The van der Waals surface area contributed by atoms with Gasteiger partial charge in [-0.1, -0.05) is 38.8 Å². The first-order valence-corrected chi connectivity index (χ1v) is 7.48. The highest BCUT2D eigenvalue weighted by Crippen LogP contribution is 2.30. The van der Waals surface area contributed by atoms with Gasteiger partial charge in [0.05, 0.1) is 0 Å². The molecule has 1 unspecified atom stereocenters. The third-order valence-corrected chi connectivity index (χ3v) is 3.20. The SMILES string of the molecule is CCCC(CCC)=NNC(=O)C1COc2ccccc2O1. The van der Waals surface area contributed by atoms with Crippen molar-refractivity contribution in [2.75, 3.05) is 6.61 Å². The molecule has 114 valence electrons. The number of carbonyl (C=O) groups is 1. The van der Waals surface area contributed by atoms with Gasteiger partial charge in [0.1, 0.15) is 6.61 Å². The van der Waals surface area contributed by atoms with E-state index in [0.717, 1.165) is 31.4 Å². The summed E-state index contributed by atoms with van der Waals surface area (Å²) in [5, 5.41) is 4.22. The van der Waals surface area contributed by atoms with Crippen molar-refractivity contribution >= 4 is 11.6 Å². The zero-order chi connectivity index (χ0) is 15.1. The number of hydrogen-bond acceptors (Lipinski definition) is 4. The lowest BCUT2D eigenvalue weighted by atomic mass is 10.1. The monoisotopic (exact) mass is 290 g/mol. The predicted octanol–water partition coefficient (Wildman–Crippen LogP) is 2.90. The van der Waals surface area contributed by atoms with Gasteiger partial charge in [0.2, 0.25) is 6.10 Å². The van der Waals surface area contributed by atoms with E-state index < -0.39 is 6.10 Å². The number of ether oxygens (including phenoxy) is 2. The van der Waals surface area contributed by atoms with Gasteiger partial charge in [0, 0.05) is 5.71 Å². The van der Waals surface area contributed by atoms with Gasteiger partial charge in [-0.3, -0.25) is 4.79 Å². The molecule has 2 rings (SSSR count). The number of nitrogens with one attached hydrogen (secondary N) is 1. The van der Waals surface area contributed by atoms with E-state index in [1.54, 1.807) is 6.07 Å². The zero-order valence-corrected chi connectivity index (χ0v) is 12.6. The maximum atomic E-state index is 12.1. The van der Waals surface area contributed by atoms with Crippen LogP contribution in [0.15, 0.2) is 29.4 Å². The van der Waals surface area contributed by atoms with E-state index in [2.05, 4.69) is 24.4 Å². The molecule has 0 fully saturated rings. The van der Waals surface area contributed by atoms with Crippen molar-refractivity contribution in [2.45, 2.75) is 45.6 Å². The van der Waals surface area contributed by atoms with E-state index in [4.69, 9.17) is 9.47 Å². The van der Waals surface area contributed by atoms with Gasteiger partial charge in [-0.15, -0.1) is 0 Å². The van der Waals surface area contributed by atoms with Crippen molar-refractivity contribution in [1.29, 1.82) is 0 Å². The molecular formula is C16H22N2O3. The van der Waals surface area contributed by atoms with Gasteiger partial charge in [-0.25, -0.2) is 5.43 Å². The lowest BCUT2D eigenvalue weighted by Gasteiger charge is -2.24. The van der Waals surface area contributed by atoms with Crippen LogP contribution in [0.2, 0.25) is 0 Å². The van der Waals surface area contributed by atoms with Crippen LogP contribution in [0.4, 0.5) is 0 Å². The van der Waals surface area contributed by atoms with Gasteiger partial charge in [-0.05, 0) is 25.0 Å². The van der Waals surface area contributed by atoms with Crippen LogP contribution < -0.4 is 14.9 Å². The minimum absolute atomic E-state index is 0.204. The fourth-order valence-electron chi connectivity index (χ4n) is 2.17. The second-order valence-corrected chi connectivity index (χ2v) is 5.02. The van der Waals surface area contributed by atoms with E-state index in [1.807, 2.05) is 18.2 Å². The summed E-state index contributed by atoms with van der Waals surface area (Å²) in [5.41, 5.74) is 3.62. The molecule has 1 N–H and O–H groups in total. The summed E-state index contributed by atoms with van der Waals surface area (Å²) < 4.78 is 11.2. The summed E-state index contributed by atoms with van der Waals surface area (Å²) in [5.74, 6) is 0.993. The summed E-state index contributed by atoms with van der Waals surface area (Å²) in [6.07, 6.45) is 3.18. The minimum atomic E-state index is -0.659. The highest BCUT2D eigenvalue weighted by atomic mass is 16.6. The van der Waals surface area contributed by atoms with Gasteiger partial charge in [0.15, 0.2) is 11.5 Å². The predicted molar refractivity (Wildman–Crippen MR) is 81.7 cm³/mol. The standard InChI is InChI=1S/C16H22N2O3/c1-3-7-12(8-4-2)17-18-16(19)15-11-20-13-9-5-6-10-14(13)21-15/h5-6,9-10,15H,3-4,7-8,11H2,1-2H3,(H,18,19). The summed E-state index contributed by atoms with van der Waals surface area (Å²) in [6.45, 7) is 4.40. The summed E-state index contributed by atoms with van der Waals surface area (Å²) >= 11 is 0. The average molecular weight is 290 g/mol. The Kier molecular flexibility index (Phi) is 5.60. The molecule has 1 atom stereocenters. The second kappa shape index (κ2) is 7.67. The maximum absolute atomic E-state index is 12.1. The zero-order valence-electron chi connectivity index (χ0n) is 12.6. The third-order valence-electron chi connectivity index (χ3n) is 3.20. The molecule has 0 aromatic heterocycles. The molecule has 0 radical (unpaired) electrons. The molecule has 0 bridgehead atoms. The number of fused-ring (bicyclic) bond motifs is 1.